The number of aliphatic hydroxyl groups excluding tert-OH is 2. The molecule has 1 unspecified atom stereocenters. The zero-order valence-electron chi connectivity index (χ0n) is 14.9. The molecule has 23 heavy (non-hydrogen) atoms. The van der Waals surface area contributed by atoms with E-state index in [0.29, 0.717) is 6.42 Å². The van der Waals surface area contributed by atoms with Crippen molar-refractivity contribution in [2.24, 2.45) is 0 Å². The van der Waals surface area contributed by atoms with Gasteiger partial charge in [0.2, 0.25) is 0 Å². The Kier molecular flexibility index (Phi) is 8.85. The van der Waals surface area contributed by atoms with Crippen LogP contribution >= 0.6 is 8.60 Å². The normalized spacial score (nSPS) is 13.6. The van der Waals surface area contributed by atoms with Gasteiger partial charge in [0.25, 0.3) is 0 Å². The molecule has 1 rings (SSSR count). The van der Waals surface area contributed by atoms with Gasteiger partial charge in [0, 0.05) is 13.0 Å². The lowest BCUT2D eigenvalue weighted by Crippen LogP contribution is -2.23. The van der Waals surface area contributed by atoms with Crippen LogP contribution in [0.2, 0.25) is 0 Å². The van der Waals surface area contributed by atoms with E-state index in [2.05, 4.69) is 59.7 Å². The van der Waals surface area contributed by atoms with E-state index in [9.17, 15) is 5.11 Å². The molecule has 1 aromatic carbocycles. The molecule has 0 saturated carbocycles. The summed E-state index contributed by atoms with van der Waals surface area (Å²) in [7, 11) is -2.62. The molecule has 0 radical (unpaired) electrons. The molecule has 0 amide bonds. The molecule has 0 aliphatic heterocycles. The lowest BCUT2D eigenvalue weighted by molar-refractivity contribution is 0.131. The van der Waals surface area contributed by atoms with Crippen molar-refractivity contribution >= 4 is 8.60 Å². The van der Waals surface area contributed by atoms with Gasteiger partial charge in [-0.25, -0.2) is 0 Å². The third-order valence-corrected chi connectivity index (χ3v) is 3.46. The van der Waals surface area contributed by atoms with Crippen LogP contribution < -0.4 is 0 Å². The number of aliphatic hydroxyl groups is 2. The highest BCUT2D eigenvalue weighted by Gasteiger charge is 2.28. The first-order valence-corrected chi connectivity index (χ1v) is 8.82. The van der Waals surface area contributed by atoms with E-state index in [-0.39, 0.29) is 17.4 Å². The molecular formula is C17H31O5P. The quantitative estimate of drug-likeness (QED) is 0.542. The summed E-state index contributed by atoms with van der Waals surface area (Å²) < 4.78 is 0. The van der Waals surface area contributed by atoms with Crippen LogP contribution in [0.1, 0.15) is 70.8 Å². The van der Waals surface area contributed by atoms with Crippen LogP contribution in [0.3, 0.4) is 0 Å². The lowest BCUT2D eigenvalue weighted by atomic mass is 9.74. The van der Waals surface area contributed by atoms with Crippen LogP contribution in [-0.4, -0.2) is 31.5 Å². The SMILES string of the molecule is CC(C)(C)c1cccc(C(C)(C)C)c1C(O)CCO.OP(O)O. The molecule has 5 N–H and O–H groups in total. The zero-order valence-corrected chi connectivity index (χ0v) is 15.8. The molecule has 1 atom stereocenters. The average molecular weight is 346 g/mol. The van der Waals surface area contributed by atoms with E-state index in [1.165, 1.54) is 11.1 Å². The van der Waals surface area contributed by atoms with Gasteiger partial charge in [0.15, 0.2) is 0 Å². The molecule has 0 spiro atoms. The Balaban J connectivity index is 0.00000108. The topological polar surface area (TPSA) is 101 Å². The summed E-state index contributed by atoms with van der Waals surface area (Å²) in [5, 5.41) is 19.6. The minimum atomic E-state index is -2.62. The highest BCUT2D eigenvalue weighted by molar-refractivity contribution is 7.38. The van der Waals surface area contributed by atoms with Crippen LogP contribution in [0.5, 0.6) is 0 Å². The molecule has 134 valence electrons. The summed E-state index contributed by atoms with van der Waals surface area (Å²) in [6.45, 7) is 12.9. The maximum atomic E-state index is 10.4. The molecule has 6 heteroatoms. The fourth-order valence-corrected chi connectivity index (χ4v) is 2.50. The number of hydrogen-bond donors (Lipinski definition) is 5. The van der Waals surface area contributed by atoms with E-state index in [0.717, 1.165) is 5.56 Å². The minimum Gasteiger partial charge on any atom is -0.396 e. The Hall–Kier alpha value is -0.550. The van der Waals surface area contributed by atoms with Crippen LogP contribution in [0.25, 0.3) is 0 Å². The second-order valence-electron chi connectivity index (χ2n) is 7.56. The monoisotopic (exact) mass is 346 g/mol. The van der Waals surface area contributed by atoms with Crippen LogP contribution in [0.4, 0.5) is 0 Å². The van der Waals surface area contributed by atoms with Gasteiger partial charge in [-0.15, -0.1) is 0 Å². The summed E-state index contributed by atoms with van der Waals surface area (Å²) >= 11 is 0. The van der Waals surface area contributed by atoms with Crippen molar-refractivity contribution in [2.75, 3.05) is 6.61 Å². The summed E-state index contributed by atoms with van der Waals surface area (Å²) in [5.41, 5.74) is 3.29. The summed E-state index contributed by atoms with van der Waals surface area (Å²) in [6, 6.07) is 6.24. The third kappa shape index (κ3) is 7.71. The van der Waals surface area contributed by atoms with Crippen molar-refractivity contribution in [3.63, 3.8) is 0 Å². The fourth-order valence-electron chi connectivity index (χ4n) is 2.50. The Morgan fingerprint density at radius 3 is 1.52 bits per heavy atom. The largest absolute Gasteiger partial charge is 0.396 e. The maximum absolute atomic E-state index is 10.4. The molecular weight excluding hydrogens is 315 g/mol. The molecule has 0 aliphatic carbocycles. The van der Waals surface area contributed by atoms with Gasteiger partial charge in [0.1, 0.15) is 0 Å². The highest BCUT2D eigenvalue weighted by Crippen LogP contribution is 2.38. The highest BCUT2D eigenvalue weighted by atomic mass is 31.2. The van der Waals surface area contributed by atoms with Crippen molar-refractivity contribution in [2.45, 2.75) is 64.9 Å². The van der Waals surface area contributed by atoms with Gasteiger partial charge in [-0.05, 0) is 27.5 Å². The van der Waals surface area contributed by atoms with Crippen LogP contribution in [0.15, 0.2) is 18.2 Å². The van der Waals surface area contributed by atoms with Crippen molar-refractivity contribution in [1.82, 2.24) is 0 Å². The Morgan fingerprint density at radius 1 is 0.913 bits per heavy atom. The standard InChI is InChI=1S/C17H28O2.H3O3P/c1-16(2,3)12-8-7-9-13(17(4,5)6)15(12)14(19)10-11-18;1-4(2)3/h7-9,14,18-19H,10-11H2,1-6H3;1-3H. The smallest absolute Gasteiger partial charge is 0.324 e. The fraction of sp³-hybridized carbons (Fsp3) is 0.647. The van der Waals surface area contributed by atoms with Gasteiger partial charge in [-0.2, -0.15) is 0 Å². The molecule has 0 heterocycles. The first kappa shape index (κ1) is 22.4. The molecule has 5 nitrogen and oxygen atoms in total. The van der Waals surface area contributed by atoms with Gasteiger partial charge >= 0.3 is 8.60 Å². The van der Waals surface area contributed by atoms with E-state index >= 15 is 0 Å². The molecule has 0 saturated heterocycles. The van der Waals surface area contributed by atoms with Gasteiger partial charge in [-0.3, -0.25) is 0 Å². The van der Waals surface area contributed by atoms with Crippen LogP contribution in [0, 0.1) is 0 Å². The Bertz CT molecular complexity index is 440. The lowest BCUT2D eigenvalue weighted by Gasteiger charge is -2.32. The minimum absolute atomic E-state index is 0.00320. The summed E-state index contributed by atoms with van der Waals surface area (Å²) in [4.78, 5) is 21.7. The number of rotatable bonds is 3. The molecule has 0 bridgehead atoms. The predicted molar refractivity (Wildman–Crippen MR) is 94.1 cm³/mol. The zero-order chi connectivity index (χ0) is 18.4. The summed E-state index contributed by atoms with van der Waals surface area (Å²) in [5.74, 6) is 0. The van der Waals surface area contributed by atoms with Gasteiger partial charge in [0.05, 0.1) is 6.10 Å². The van der Waals surface area contributed by atoms with E-state index in [1.54, 1.807) is 0 Å². The van der Waals surface area contributed by atoms with Crippen molar-refractivity contribution in [3.8, 4) is 0 Å². The predicted octanol–water partition coefficient (Wildman–Crippen LogP) is 2.89. The van der Waals surface area contributed by atoms with Gasteiger partial charge in [-0.1, -0.05) is 59.7 Å². The second-order valence-corrected chi connectivity index (χ2v) is 8.10. The van der Waals surface area contributed by atoms with E-state index in [1.807, 2.05) is 0 Å². The average Bonchev–Trinajstić information content (AvgIpc) is 2.35. The molecule has 1 aromatic rings. The van der Waals surface area contributed by atoms with Crippen molar-refractivity contribution < 1.29 is 24.9 Å². The van der Waals surface area contributed by atoms with Crippen molar-refractivity contribution in [3.05, 3.63) is 34.9 Å². The second kappa shape index (κ2) is 9.07. The third-order valence-electron chi connectivity index (χ3n) is 3.46. The first-order chi connectivity index (χ1) is 10.3. The molecule has 0 aromatic heterocycles. The summed E-state index contributed by atoms with van der Waals surface area (Å²) in [6.07, 6.45) is -0.217. The maximum Gasteiger partial charge on any atom is 0.324 e. The van der Waals surface area contributed by atoms with E-state index in [4.69, 9.17) is 19.8 Å². The van der Waals surface area contributed by atoms with Crippen LogP contribution in [-0.2, 0) is 10.8 Å². The molecule has 0 aliphatic rings. The first-order valence-electron chi connectivity index (χ1n) is 7.62. The Labute approximate surface area is 140 Å². The van der Waals surface area contributed by atoms with Gasteiger partial charge < -0.3 is 24.9 Å². The van der Waals surface area contributed by atoms with E-state index < -0.39 is 14.7 Å². The van der Waals surface area contributed by atoms with Crippen molar-refractivity contribution in [1.29, 1.82) is 0 Å². The molecule has 0 fully saturated rings. The number of hydrogen-bond acceptors (Lipinski definition) is 5. The number of benzene rings is 1. The Morgan fingerprint density at radius 2 is 1.26 bits per heavy atom.